The van der Waals surface area contributed by atoms with Crippen molar-refractivity contribution >= 4 is 17.3 Å². The first-order chi connectivity index (χ1) is 10.1. The molecule has 4 heteroatoms. The number of carbonyl (C=O) groups is 1. The van der Waals surface area contributed by atoms with Crippen molar-refractivity contribution in [2.45, 2.75) is 58.8 Å². The highest BCUT2D eigenvalue weighted by molar-refractivity contribution is 5.99. The van der Waals surface area contributed by atoms with Crippen molar-refractivity contribution in [3.05, 3.63) is 29.8 Å². The van der Waals surface area contributed by atoms with Crippen molar-refractivity contribution in [2.75, 3.05) is 5.73 Å². The number of carbonyl (C=O) groups excluding carboxylic acids is 1. The van der Waals surface area contributed by atoms with Gasteiger partial charge in [0.2, 0.25) is 5.91 Å². The molecule has 0 saturated carbocycles. The second-order valence-electron chi connectivity index (χ2n) is 5.38. The molecule has 0 aliphatic carbocycles. The van der Waals surface area contributed by atoms with Crippen LogP contribution in [0.1, 0.15) is 64.4 Å². The summed E-state index contributed by atoms with van der Waals surface area (Å²) in [4.78, 5) is 11.7. The third kappa shape index (κ3) is 7.49. The van der Waals surface area contributed by atoms with E-state index < -0.39 is 0 Å². The van der Waals surface area contributed by atoms with Crippen LogP contribution in [-0.2, 0) is 4.79 Å². The molecule has 0 atom stereocenters. The maximum atomic E-state index is 11.7. The zero-order valence-corrected chi connectivity index (χ0v) is 13.2. The van der Waals surface area contributed by atoms with Gasteiger partial charge in [0.25, 0.3) is 0 Å². The molecule has 0 heterocycles. The van der Waals surface area contributed by atoms with Gasteiger partial charge in [-0.15, -0.1) is 0 Å². The second-order valence-corrected chi connectivity index (χ2v) is 5.38. The topological polar surface area (TPSA) is 67.5 Å². The summed E-state index contributed by atoms with van der Waals surface area (Å²) in [6, 6.07) is 7.48. The van der Waals surface area contributed by atoms with E-state index in [0.29, 0.717) is 12.1 Å². The predicted octanol–water partition coefficient (Wildman–Crippen LogP) is 3.86. The molecule has 1 amide bonds. The lowest BCUT2D eigenvalue weighted by atomic mass is 10.1. The minimum atomic E-state index is -0.0197. The largest absolute Gasteiger partial charge is 0.399 e. The van der Waals surface area contributed by atoms with E-state index in [-0.39, 0.29) is 5.91 Å². The average Bonchev–Trinajstić information content (AvgIpc) is 2.48. The molecule has 21 heavy (non-hydrogen) atoms. The molecule has 0 radical (unpaired) electrons. The maximum Gasteiger partial charge on any atom is 0.240 e. The van der Waals surface area contributed by atoms with Crippen molar-refractivity contribution in [3.8, 4) is 0 Å². The quantitative estimate of drug-likeness (QED) is 0.314. The van der Waals surface area contributed by atoms with Gasteiger partial charge in [-0.05, 0) is 31.0 Å². The molecule has 0 bridgehead atoms. The fourth-order valence-electron chi connectivity index (χ4n) is 2.10. The summed E-state index contributed by atoms with van der Waals surface area (Å²) < 4.78 is 0. The predicted molar refractivity (Wildman–Crippen MR) is 89.2 cm³/mol. The van der Waals surface area contributed by atoms with Crippen LogP contribution in [0.25, 0.3) is 0 Å². The molecule has 0 spiro atoms. The molecule has 0 aliphatic heterocycles. The highest BCUT2D eigenvalue weighted by atomic mass is 16.2. The molecule has 116 valence electrons. The van der Waals surface area contributed by atoms with E-state index >= 15 is 0 Å². The first-order valence-corrected chi connectivity index (χ1v) is 7.82. The van der Waals surface area contributed by atoms with Crippen molar-refractivity contribution in [1.29, 1.82) is 0 Å². The van der Waals surface area contributed by atoms with E-state index in [1.807, 2.05) is 31.2 Å². The molecular formula is C17H27N3O. The lowest BCUT2D eigenvalue weighted by Crippen LogP contribution is -2.18. The van der Waals surface area contributed by atoms with Crippen molar-refractivity contribution in [2.24, 2.45) is 5.10 Å². The normalized spacial score (nSPS) is 11.4. The molecule has 0 aromatic heterocycles. The first-order valence-electron chi connectivity index (χ1n) is 7.82. The molecule has 4 nitrogen and oxygen atoms in total. The number of hydrogen-bond acceptors (Lipinski definition) is 3. The third-order valence-corrected chi connectivity index (χ3v) is 3.41. The van der Waals surface area contributed by atoms with Crippen LogP contribution in [0.5, 0.6) is 0 Å². The molecule has 1 rings (SSSR count). The third-order valence-electron chi connectivity index (χ3n) is 3.41. The number of benzene rings is 1. The number of hydrogen-bond donors (Lipinski definition) is 2. The fraction of sp³-hybridized carbons (Fsp3) is 0.529. The summed E-state index contributed by atoms with van der Waals surface area (Å²) in [5.74, 6) is -0.0197. The second kappa shape index (κ2) is 9.97. The minimum absolute atomic E-state index is 0.0197. The van der Waals surface area contributed by atoms with Crippen LogP contribution in [0.4, 0.5) is 5.69 Å². The molecule has 3 N–H and O–H groups in total. The van der Waals surface area contributed by atoms with Crippen LogP contribution in [-0.4, -0.2) is 11.6 Å². The Morgan fingerprint density at radius 3 is 2.62 bits per heavy atom. The molecule has 0 saturated heterocycles. The summed E-state index contributed by atoms with van der Waals surface area (Å²) >= 11 is 0. The number of rotatable bonds is 9. The van der Waals surface area contributed by atoms with Gasteiger partial charge in [0.1, 0.15) is 0 Å². The van der Waals surface area contributed by atoms with Crippen LogP contribution in [0, 0.1) is 0 Å². The number of amides is 1. The van der Waals surface area contributed by atoms with Gasteiger partial charge in [0.15, 0.2) is 0 Å². The summed E-state index contributed by atoms with van der Waals surface area (Å²) in [6.07, 6.45) is 7.61. The van der Waals surface area contributed by atoms with Crippen molar-refractivity contribution in [3.63, 3.8) is 0 Å². The van der Waals surface area contributed by atoms with Crippen LogP contribution in [0.3, 0.4) is 0 Å². The Bertz CT molecular complexity index is 469. The summed E-state index contributed by atoms with van der Waals surface area (Å²) in [5, 5.41) is 4.13. The number of anilines is 1. The Hall–Kier alpha value is -1.84. The van der Waals surface area contributed by atoms with Gasteiger partial charge >= 0.3 is 0 Å². The van der Waals surface area contributed by atoms with E-state index in [9.17, 15) is 4.79 Å². The fourth-order valence-corrected chi connectivity index (χ4v) is 2.10. The number of nitrogens with one attached hydrogen (secondary N) is 1. The summed E-state index contributed by atoms with van der Waals surface area (Å²) in [6.45, 7) is 4.06. The highest BCUT2D eigenvalue weighted by Gasteiger charge is 2.02. The summed E-state index contributed by atoms with van der Waals surface area (Å²) in [7, 11) is 0. The standard InChI is InChI=1S/C17H27N3O/c1-3-4-5-6-7-8-12-17(21)20-19-14(2)15-10-9-11-16(18)13-15/h9-11,13H,3-8,12,18H2,1-2H3,(H,20,21). The zero-order valence-electron chi connectivity index (χ0n) is 13.2. The van der Waals surface area contributed by atoms with Crippen molar-refractivity contribution in [1.82, 2.24) is 5.43 Å². The van der Waals surface area contributed by atoms with Crippen LogP contribution >= 0.6 is 0 Å². The molecule has 1 aromatic rings. The molecule has 1 aromatic carbocycles. The Morgan fingerprint density at radius 1 is 1.19 bits per heavy atom. The smallest absolute Gasteiger partial charge is 0.240 e. The van der Waals surface area contributed by atoms with Gasteiger partial charge in [-0.2, -0.15) is 5.10 Å². The lowest BCUT2D eigenvalue weighted by molar-refractivity contribution is -0.121. The van der Waals surface area contributed by atoms with Gasteiger partial charge in [0.05, 0.1) is 5.71 Å². The zero-order chi connectivity index (χ0) is 15.5. The van der Waals surface area contributed by atoms with Gasteiger partial charge in [-0.1, -0.05) is 51.2 Å². The Morgan fingerprint density at radius 2 is 1.90 bits per heavy atom. The van der Waals surface area contributed by atoms with Crippen LogP contribution in [0.15, 0.2) is 29.4 Å². The highest BCUT2D eigenvalue weighted by Crippen LogP contribution is 2.08. The number of nitrogens with zero attached hydrogens (tertiary/aromatic N) is 1. The lowest BCUT2D eigenvalue weighted by Gasteiger charge is -2.04. The van der Waals surface area contributed by atoms with Crippen LogP contribution in [0.2, 0.25) is 0 Å². The van der Waals surface area contributed by atoms with Crippen molar-refractivity contribution < 1.29 is 4.79 Å². The number of unbranched alkanes of at least 4 members (excludes halogenated alkanes) is 5. The summed E-state index contributed by atoms with van der Waals surface area (Å²) in [5.41, 5.74) is 10.7. The van der Waals surface area contributed by atoms with Gasteiger partial charge < -0.3 is 5.73 Å². The molecule has 0 aliphatic rings. The van der Waals surface area contributed by atoms with Gasteiger partial charge in [-0.25, -0.2) is 5.43 Å². The Labute approximate surface area is 127 Å². The van der Waals surface area contributed by atoms with E-state index in [1.54, 1.807) is 0 Å². The minimum Gasteiger partial charge on any atom is -0.399 e. The Kier molecular flexibility index (Phi) is 8.17. The monoisotopic (exact) mass is 289 g/mol. The Balaban J connectivity index is 2.27. The van der Waals surface area contributed by atoms with E-state index in [4.69, 9.17) is 5.73 Å². The van der Waals surface area contributed by atoms with E-state index in [2.05, 4.69) is 17.5 Å². The number of nitrogens with two attached hydrogens (primary N) is 1. The van der Waals surface area contributed by atoms with Gasteiger partial charge in [0, 0.05) is 12.1 Å². The SMILES string of the molecule is CCCCCCCCC(=O)NN=C(C)c1cccc(N)c1. The number of hydrazone groups is 1. The molecule has 0 fully saturated rings. The van der Waals surface area contributed by atoms with Crippen LogP contribution < -0.4 is 11.2 Å². The number of nitrogen functional groups attached to an aromatic ring is 1. The van der Waals surface area contributed by atoms with E-state index in [0.717, 1.165) is 24.1 Å². The molecule has 0 unspecified atom stereocenters. The molecular weight excluding hydrogens is 262 g/mol. The van der Waals surface area contributed by atoms with E-state index in [1.165, 1.54) is 25.7 Å². The van der Waals surface area contributed by atoms with Gasteiger partial charge in [-0.3, -0.25) is 4.79 Å². The maximum absolute atomic E-state index is 11.7. The average molecular weight is 289 g/mol. The first kappa shape index (κ1) is 17.2.